The third-order valence-electron chi connectivity index (χ3n) is 5.28. The molecule has 2 aromatic carbocycles. The van der Waals surface area contributed by atoms with Crippen molar-refractivity contribution >= 4 is 11.5 Å². The maximum atomic E-state index is 11.5. The highest BCUT2D eigenvalue weighted by Gasteiger charge is 2.14. The second-order valence-corrected chi connectivity index (χ2v) is 7.59. The number of allylic oxidation sites excluding steroid dienone is 2. The van der Waals surface area contributed by atoms with E-state index in [-0.39, 0.29) is 12.2 Å². The minimum atomic E-state index is -0.954. The minimum Gasteiger partial charge on any atom is -0.489 e. The molecule has 6 heteroatoms. The van der Waals surface area contributed by atoms with Gasteiger partial charge < -0.3 is 19.0 Å². The summed E-state index contributed by atoms with van der Waals surface area (Å²) in [4.78, 5) is 16.1. The summed E-state index contributed by atoms with van der Waals surface area (Å²) in [6.45, 7) is 2.23. The van der Waals surface area contributed by atoms with Crippen LogP contribution in [0.25, 0.3) is 5.57 Å². The molecule has 0 atom stereocenters. The third kappa shape index (κ3) is 5.15. The zero-order valence-corrected chi connectivity index (χ0v) is 17.5. The predicted molar refractivity (Wildman–Crippen MR) is 116 cm³/mol. The number of carboxylic acids is 1. The largest absolute Gasteiger partial charge is 0.489 e. The van der Waals surface area contributed by atoms with Gasteiger partial charge in [-0.05, 0) is 50.3 Å². The highest BCUT2D eigenvalue weighted by molar-refractivity contribution is 5.91. The van der Waals surface area contributed by atoms with Gasteiger partial charge in [0.2, 0.25) is 5.89 Å². The molecule has 0 unspecified atom stereocenters. The van der Waals surface area contributed by atoms with Gasteiger partial charge in [-0.15, -0.1) is 0 Å². The zero-order valence-electron chi connectivity index (χ0n) is 17.5. The van der Waals surface area contributed by atoms with Gasteiger partial charge in [0.1, 0.15) is 36.7 Å². The number of nitrogens with zero attached hydrogens (tertiary/aromatic N) is 1. The van der Waals surface area contributed by atoms with Gasteiger partial charge in [0.25, 0.3) is 0 Å². The standard InChI is InChI=1S/C25H25NO5/c1-17-7-5-10-19(23(17)25(27)28)14-29-21-11-6-12-22(13-21)30-15-20-16-31-24(26-20)18-8-3-2-4-9-18/h5-8,10-13,16H,2-4,9,14-15H2,1H3,(H,27,28). The average Bonchev–Trinajstić information content (AvgIpc) is 3.26. The molecule has 1 aromatic heterocycles. The van der Waals surface area contributed by atoms with Crippen molar-refractivity contribution in [3.05, 3.63) is 83.1 Å². The summed E-state index contributed by atoms with van der Waals surface area (Å²) in [5.74, 6) is 0.970. The molecule has 1 N–H and O–H groups in total. The molecule has 0 saturated heterocycles. The molecule has 0 bridgehead atoms. The van der Waals surface area contributed by atoms with E-state index in [9.17, 15) is 9.90 Å². The fourth-order valence-electron chi connectivity index (χ4n) is 3.68. The summed E-state index contributed by atoms with van der Waals surface area (Å²) < 4.78 is 17.3. The van der Waals surface area contributed by atoms with Gasteiger partial charge in [0, 0.05) is 17.2 Å². The van der Waals surface area contributed by atoms with E-state index in [0.29, 0.717) is 35.1 Å². The van der Waals surface area contributed by atoms with Crippen LogP contribution in [0.3, 0.4) is 0 Å². The molecular weight excluding hydrogens is 394 g/mol. The molecule has 3 aromatic rings. The van der Waals surface area contributed by atoms with Crippen molar-refractivity contribution in [2.45, 2.75) is 45.8 Å². The molecular formula is C25H25NO5. The van der Waals surface area contributed by atoms with E-state index in [2.05, 4.69) is 11.1 Å². The lowest BCUT2D eigenvalue weighted by Gasteiger charge is -2.12. The zero-order chi connectivity index (χ0) is 21.6. The van der Waals surface area contributed by atoms with Gasteiger partial charge in [-0.3, -0.25) is 0 Å². The maximum Gasteiger partial charge on any atom is 0.336 e. The first-order valence-corrected chi connectivity index (χ1v) is 10.4. The van der Waals surface area contributed by atoms with Crippen molar-refractivity contribution in [3.8, 4) is 11.5 Å². The molecule has 1 heterocycles. The number of hydrogen-bond acceptors (Lipinski definition) is 5. The van der Waals surface area contributed by atoms with Crippen molar-refractivity contribution < 1.29 is 23.8 Å². The molecule has 6 nitrogen and oxygen atoms in total. The van der Waals surface area contributed by atoms with Crippen LogP contribution >= 0.6 is 0 Å². The SMILES string of the molecule is Cc1cccc(COc2cccc(OCc3coc(C4=CCCCC4)n3)c2)c1C(=O)O. The number of hydrogen-bond donors (Lipinski definition) is 1. The lowest BCUT2D eigenvalue weighted by molar-refractivity contribution is 0.0693. The summed E-state index contributed by atoms with van der Waals surface area (Å²) in [5, 5.41) is 9.46. The van der Waals surface area contributed by atoms with Crippen molar-refractivity contribution in [1.29, 1.82) is 0 Å². The second-order valence-electron chi connectivity index (χ2n) is 7.59. The van der Waals surface area contributed by atoms with Crippen LogP contribution in [-0.2, 0) is 13.2 Å². The topological polar surface area (TPSA) is 81.8 Å². The Kier molecular flexibility index (Phi) is 6.36. The van der Waals surface area contributed by atoms with E-state index >= 15 is 0 Å². The summed E-state index contributed by atoms with van der Waals surface area (Å²) in [7, 11) is 0. The number of carboxylic acid groups (broad SMARTS) is 1. The van der Waals surface area contributed by atoms with Crippen LogP contribution in [0.1, 0.15) is 58.8 Å². The van der Waals surface area contributed by atoms with Gasteiger partial charge in [0.05, 0.1) is 5.56 Å². The van der Waals surface area contributed by atoms with E-state index < -0.39 is 5.97 Å². The molecule has 0 amide bonds. The van der Waals surface area contributed by atoms with Crippen LogP contribution in [0.4, 0.5) is 0 Å². The number of benzene rings is 2. The highest BCUT2D eigenvalue weighted by atomic mass is 16.5. The Morgan fingerprint density at radius 2 is 1.87 bits per heavy atom. The number of ether oxygens (including phenoxy) is 2. The van der Waals surface area contributed by atoms with Gasteiger partial charge in [-0.2, -0.15) is 0 Å². The third-order valence-corrected chi connectivity index (χ3v) is 5.28. The fraction of sp³-hybridized carbons (Fsp3) is 0.280. The Morgan fingerprint density at radius 3 is 2.61 bits per heavy atom. The van der Waals surface area contributed by atoms with E-state index in [0.717, 1.165) is 18.5 Å². The smallest absolute Gasteiger partial charge is 0.336 e. The number of aryl methyl sites for hydroxylation is 1. The number of oxazole rings is 1. The summed E-state index contributed by atoms with van der Waals surface area (Å²) in [5.41, 5.74) is 3.53. The normalized spacial score (nSPS) is 13.5. The Labute approximate surface area is 181 Å². The molecule has 1 aliphatic rings. The first kappa shape index (κ1) is 20.7. The van der Waals surface area contributed by atoms with Crippen molar-refractivity contribution in [1.82, 2.24) is 4.98 Å². The van der Waals surface area contributed by atoms with Gasteiger partial charge in [-0.1, -0.05) is 30.3 Å². The van der Waals surface area contributed by atoms with E-state index in [1.165, 1.54) is 18.4 Å². The number of aromatic nitrogens is 1. The molecule has 1 aliphatic carbocycles. The lowest BCUT2D eigenvalue weighted by Crippen LogP contribution is -2.07. The molecule has 0 radical (unpaired) electrons. The Bertz CT molecular complexity index is 1100. The molecule has 4 rings (SSSR count). The van der Waals surface area contributed by atoms with Crippen molar-refractivity contribution in [2.24, 2.45) is 0 Å². The summed E-state index contributed by atoms with van der Waals surface area (Å²) >= 11 is 0. The molecule has 0 spiro atoms. The Hall–Kier alpha value is -3.54. The summed E-state index contributed by atoms with van der Waals surface area (Å²) in [6.07, 6.45) is 8.31. The quantitative estimate of drug-likeness (QED) is 0.497. The monoisotopic (exact) mass is 419 g/mol. The van der Waals surface area contributed by atoms with Gasteiger partial charge in [-0.25, -0.2) is 9.78 Å². The Balaban J connectivity index is 1.37. The highest BCUT2D eigenvalue weighted by Crippen LogP contribution is 2.27. The van der Waals surface area contributed by atoms with Gasteiger partial charge >= 0.3 is 5.97 Å². The molecule has 0 saturated carbocycles. The van der Waals surface area contributed by atoms with Crippen molar-refractivity contribution in [2.75, 3.05) is 0 Å². The minimum absolute atomic E-state index is 0.161. The van der Waals surface area contributed by atoms with Crippen LogP contribution in [0.5, 0.6) is 11.5 Å². The predicted octanol–water partition coefficient (Wildman–Crippen LogP) is 5.80. The van der Waals surface area contributed by atoms with Crippen LogP contribution in [-0.4, -0.2) is 16.1 Å². The molecule has 0 aliphatic heterocycles. The average molecular weight is 419 g/mol. The van der Waals surface area contributed by atoms with E-state index in [1.54, 1.807) is 31.4 Å². The first-order chi connectivity index (χ1) is 15.1. The second kappa shape index (κ2) is 9.51. The van der Waals surface area contributed by atoms with Crippen LogP contribution in [0.15, 0.2) is 59.2 Å². The van der Waals surface area contributed by atoms with E-state index in [1.807, 2.05) is 24.3 Å². The van der Waals surface area contributed by atoms with Crippen LogP contribution in [0, 0.1) is 6.92 Å². The van der Waals surface area contributed by atoms with Crippen molar-refractivity contribution in [3.63, 3.8) is 0 Å². The first-order valence-electron chi connectivity index (χ1n) is 10.4. The fourth-order valence-corrected chi connectivity index (χ4v) is 3.68. The summed E-state index contributed by atoms with van der Waals surface area (Å²) in [6, 6.07) is 12.6. The maximum absolute atomic E-state index is 11.5. The van der Waals surface area contributed by atoms with E-state index in [4.69, 9.17) is 13.9 Å². The molecule has 0 fully saturated rings. The lowest BCUT2D eigenvalue weighted by atomic mass is 10.00. The van der Waals surface area contributed by atoms with Crippen LogP contribution in [0.2, 0.25) is 0 Å². The molecule has 31 heavy (non-hydrogen) atoms. The number of carbonyl (C=O) groups is 1. The number of rotatable bonds is 8. The Morgan fingerprint density at radius 1 is 1.10 bits per heavy atom. The molecule has 160 valence electrons. The van der Waals surface area contributed by atoms with Gasteiger partial charge in [0.15, 0.2) is 0 Å². The van der Waals surface area contributed by atoms with Crippen LogP contribution < -0.4 is 9.47 Å². The number of aromatic carboxylic acids is 1.